The molecule has 2 N–H and O–H groups in total. The number of para-hydroxylation sites is 1. The second-order valence-corrected chi connectivity index (χ2v) is 5.04. The molecule has 0 atom stereocenters. The van der Waals surface area contributed by atoms with E-state index in [-0.39, 0.29) is 42.0 Å². The number of benzene rings is 1. The number of nitrogens with zero attached hydrogens (tertiary/aromatic N) is 1. The lowest BCUT2D eigenvalue weighted by Crippen LogP contribution is -2.37. The fourth-order valence-corrected chi connectivity index (χ4v) is 2.16. The first-order valence-electron chi connectivity index (χ1n) is 6.00. The summed E-state index contributed by atoms with van der Waals surface area (Å²) in [5.41, 5.74) is -4.37. The molecule has 0 fully saturated rings. The van der Waals surface area contributed by atoms with E-state index in [9.17, 15) is 18.0 Å². The summed E-state index contributed by atoms with van der Waals surface area (Å²) < 4.78 is 37.4. The van der Waals surface area contributed by atoms with Gasteiger partial charge in [-0.1, -0.05) is 18.2 Å². The van der Waals surface area contributed by atoms with Crippen molar-refractivity contribution in [3.63, 3.8) is 0 Å². The van der Waals surface area contributed by atoms with E-state index in [1.165, 1.54) is 35.2 Å². The van der Waals surface area contributed by atoms with Gasteiger partial charge in [0, 0.05) is 18.0 Å². The Morgan fingerprint density at radius 3 is 2.67 bits per heavy atom. The number of aliphatic hydroxyl groups excluding tert-OH is 1. The predicted octanol–water partition coefficient (Wildman–Crippen LogP) is 3.31. The Bertz CT molecular complexity index is 495. The third kappa shape index (κ3) is 6.09. The van der Waals surface area contributed by atoms with Gasteiger partial charge in [0.2, 0.25) is 0 Å². The molecule has 0 spiro atoms. The van der Waals surface area contributed by atoms with Crippen LogP contribution in [0.1, 0.15) is 0 Å². The van der Waals surface area contributed by atoms with Gasteiger partial charge < -0.3 is 15.3 Å². The van der Waals surface area contributed by atoms with Gasteiger partial charge in [-0.2, -0.15) is 13.2 Å². The topological polar surface area (TPSA) is 52.6 Å². The fourth-order valence-electron chi connectivity index (χ4n) is 1.53. The van der Waals surface area contributed by atoms with Crippen LogP contribution in [-0.4, -0.2) is 41.2 Å². The van der Waals surface area contributed by atoms with Gasteiger partial charge in [0.1, 0.15) is 0 Å². The molecule has 0 aliphatic heterocycles. The van der Waals surface area contributed by atoms with E-state index in [1.807, 2.05) is 0 Å². The molecule has 0 aliphatic rings. The number of thioether (sulfide) groups is 1. The smallest absolute Gasteiger partial charge is 0.395 e. The van der Waals surface area contributed by atoms with Crippen molar-refractivity contribution in [3.8, 4) is 0 Å². The first-order valence-corrected chi connectivity index (χ1v) is 6.81. The quantitative estimate of drug-likeness (QED) is 0.624. The minimum atomic E-state index is -4.44. The number of anilines is 1. The fraction of sp³-hybridized carbons (Fsp3) is 0.308. The number of carbonyl (C=O) groups is 1. The van der Waals surface area contributed by atoms with Crippen LogP contribution in [0.5, 0.6) is 0 Å². The molecule has 0 saturated heterocycles. The number of alkyl halides is 3. The Morgan fingerprint density at radius 1 is 1.43 bits per heavy atom. The molecule has 1 rings (SSSR count). The van der Waals surface area contributed by atoms with Gasteiger partial charge in [-0.05, 0) is 23.9 Å². The standard InChI is InChI=1S/C13H15F3N2O2S/c1-2-7-18(8-9-19)12(20)17-10-5-3-4-6-11(10)21-13(14,15)16/h2-6,19H,1,7-9H2,(H,17,20). The number of carbonyl (C=O) groups excluding carboxylic acids is 1. The highest BCUT2D eigenvalue weighted by atomic mass is 32.2. The van der Waals surface area contributed by atoms with Crippen LogP contribution < -0.4 is 5.32 Å². The van der Waals surface area contributed by atoms with E-state index in [0.717, 1.165) is 0 Å². The minimum absolute atomic E-state index is 0.0619. The van der Waals surface area contributed by atoms with Crippen molar-refractivity contribution in [2.45, 2.75) is 10.4 Å². The van der Waals surface area contributed by atoms with Crippen LogP contribution in [0.15, 0.2) is 41.8 Å². The number of hydrogen-bond acceptors (Lipinski definition) is 3. The van der Waals surface area contributed by atoms with Crippen LogP contribution in [0.25, 0.3) is 0 Å². The Morgan fingerprint density at radius 2 is 2.10 bits per heavy atom. The Labute approximate surface area is 124 Å². The van der Waals surface area contributed by atoms with Gasteiger partial charge in [0.15, 0.2) is 0 Å². The summed E-state index contributed by atoms with van der Waals surface area (Å²) in [5, 5.41) is 11.3. The summed E-state index contributed by atoms with van der Waals surface area (Å²) in [6, 6.07) is 5.05. The maximum absolute atomic E-state index is 12.5. The molecule has 1 aromatic rings. The van der Waals surface area contributed by atoms with Gasteiger partial charge in [-0.3, -0.25) is 0 Å². The maximum atomic E-state index is 12.5. The summed E-state index contributed by atoms with van der Waals surface area (Å²) in [7, 11) is 0. The van der Waals surface area contributed by atoms with Crippen LogP contribution in [-0.2, 0) is 0 Å². The van der Waals surface area contributed by atoms with E-state index in [0.29, 0.717) is 0 Å². The summed E-state index contributed by atoms with van der Waals surface area (Å²) in [6.45, 7) is 3.48. The number of nitrogens with one attached hydrogen (secondary N) is 1. The van der Waals surface area contributed by atoms with Crippen molar-refractivity contribution in [1.29, 1.82) is 0 Å². The zero-order valence-electron chi connectivity index (χ0n) is 11.1. The number of rotatable bonds is 6. The van der Waals surface area contributed by atoms with E-state index < -0.39 is 11.5 Å². The van der Waals surface area contributed by atoms with Crippen molar-refractivity contribution in [2.75, 3.05) is 25.0 Å². The van der Waals surface area contributed by atoms with Crippen LogP contribution in [0.2, 0.25) is 0 Å². The summed E-state index contributed by atoms with van der Waals surface area (Å²) >= 11 is -0.295. The van der Waals surface area contributed by atoms with Crippen molar-refractivity contribution >= 4 is 23.5 Å². The number of halogens is 3. The molecule has 0 unspecified atom stereocenters. The Balaban J connectivity index is 2.86. The minimum Gasteiger partial charge on any atom is -0.395 e. The van der Waals surface area contributed by atoms with Crippen LogP contribution in [0, 0.1) is 0 Å². The van der Waals surface area contributed by atoms with Crippen LogP contribution in [0.4, 0.5) is 23.7 Å². The van der Waals surface area contributed by atoms with Gasteiger partial charge in [0.25, 0.3) is 0 Å². The van der Waals surface area contributed by atoms with Crippen molar-refractivity contribution < 1.29 is 23.1 Å². The lowest BCUT2D eigenvalue weighted by molar-refractivity contribution is -0.0328. The molecule has 0 aliphatic carbocycles. The SMILES string of the molecule is C=CCN(CCO)C(=O)Nc1ccccc1SC(F)(F)F. The molecule has 21 heavy (non-hydrogen) atoms. The van der Waals surface area contributed by atoms with Crippen molar-refractivity contribution in [3.05, 3.63) is 36.9 Å². The van der Waals surface area contributed by atoms with Crippen molar-refractivity contribution in [2.24, 2.45) is 0 Å². The molecule has 0 saturated carbocycles. The molecule has 0 bridgehead atoms. The zero-order valence-corrected chi connectivity index (χ0v) is 11.9. The molecular weight excluding hydrogens is 305 g/mol. The van der Waals surface area contributed by atoms with Gasteiger partial charge in [-0.25, -0.2) is 4.79 Å². The lowest BCUT2D eigenvalue weighted by atomic mass is 10.3. The average molecular weight is 320 g/mol. The van der Waals surface area contributed by atoms with E-state index in [4.69, 9.17) is 5.11 Å². The second-order valence-electron chi connectivity index (χ2n) is 3.93. The molecule has 0 aromatic heterocycles. The molecule has 8 heteroatoms. The number of hydrogen-bond donors (Lipinski definition) is 2. The second kappa shape index (κ2) is 7.94. The van der Waals surface area contributed by atoms with E-state index in [1.54, 1.807) is 0 Å². The monoisotopic (exact) mass is 320 g/mol. The summed E-state index contributed by atoms with van der Waals surface area (Å²) in [5.74, 6) is 0. The van der Waals surface area contributed by atoms with E-state index in [2.05, 4.69) is 11.9 Å². The Hall–Kier alpha value is -1.67. The highest BCUT2D eigenvalue weighted by molar-refractivity contribution is 8.00. The molecule has 2 amide bonds. The lowest BCUT2D eigenvalue weighted by Gasteiger charge is -2.21. The molecule has 0 radical (unpaired) electrons. The highest BCUT2D eigenvalue weighted by Gasteiger charge is 2.30. The molecule has 0 heterocycles. The normalized spacial score (nSPS) is 11.0. The Kier molecular flexibility index (Phi) is 6.57. The summed E-state index contributed by atoms with van der Waals surface area (Å²) in [6.07, 6.45) is 1.46. The third-order valence-electron chi connectivity index (χ3n) is 2.36. The largest absolute Gasteiger partial charge is 0.446 e. The number of aliphatic hydroxyl groups is 1. The van der Waals surface area contributed by atoms with Gasteiger partial charge in [0.05, 0.1) is 12.3 Å². The maximum Gasteiger partial charge on any atom is 0.446 e. The number of amides is 2. The highest BCUT2D eigenvalue weighted by Crippen LogP contribution is 2.40. The van der Waals surface area contributed by atoms with Crippen LogP contribution in [0.3, 0.4) is 0 Å². The van der Waals surface area contributed by atoms with Gasteiger partial charge in [-0.15, -0.1) is 6.58 Å². The first kappa shape index (κ1) is 17.4. The molecule has 116 valence electrons. The van der Waals surface area contributed by atoms with Crippen molar-refractivity contribution in [1.82, 2.24) is 4.90 Å². The number of urea groups is 1. The average Bonchev–Trinajstić information content (AvgIpc) is 2.39. The third-order valence-corrected chi connectivity index (χ3v) is 3.17. The van der Waals surface area contributed by atoms with Gasteiger partial charge >= 0.3 is 11.5 Å². The first-order chi connectivity index (χ1) is 9.87. The summed E-state index contributed by atoms with van der Waals surface area (Å²) in [4.78, 5) is 13.1. The van der Waals surface area contributed by atoms with E-state index >= 15 is 0 Å². The van der Waals surface area contributed by atoms with Crippen LogP contribution >= 0.6 is 11.8 Å². The molecule has 1 aromatic carbocycles. The zero-order chi connectivity index (χ0) is 15.9. The molecular formula is C13H15F3N2O2S. The molecule has 4 nitrogen and oxygen atoms in total. The predicted molar refractivity (Wildman–Crippen MR) is 76.2 cm³/mol.